The lowest BCUT2D eigenvalue weighted by Gasteiger charge is -2.30. The molecule has 1 fully saturated rings. The maximum absolute atomic E-state index is 12.7. The number of benzene rings is 1. The predicted octanol–water partition coefficient (Wildman–Crippen LogP) is 3.21. The fourth-order valence-corrected chi connectivity index (χ4v) is 3.75. The average Bonchev–Trinajstić information content (AvgIpc) is 3.10. The van der Waals surface area contributed by atoms with Crippen LogP contribution in [0.15, 0.2) is 12.1 Å². The highest BCUT2D eigenvalue weighted by molar-refractivity contribution is 7.22. The Balaban J connectivity index is 1.62. The average molecular weight is 294 g/mol. The Kier molecular flexibility index (Phi) is 2.91. The number of fused-ring (bicyclic) bond motifs is 2. The zero-order chi connectivity index (χ0) is 13.5. The Bertz CT molecular complexity index is 596. The van der Waals surface area contributed by atoms with Gasteiger partial charge in [-0.25, -0.2) is 4.98 Å². The lowest BCUT2D eigenvalue weighted by molar-refractivity contribution is 0.174. The summed E-state index contributed by atoms with van der Waals surface area (Å²) >= 11 is 1.66. The molecule has 0 aliphatic carbocycles. The van der Waals surface area contributed by atoms with Crippen molar-refractivity contribution in [2.75, 3.05) is 31.5 Å². The van der Waals surface area contributed by atoms with Crippen LogP contribution in [0.25, 0.3) is 10.2 Å². The molecule has 106 valence electrons. The SMILES string of the molecule is FCC1CCN(c2nc3cc4c(cc3s2)OCO4)CC1. The minimum absolute atomic E-state index is 0.199. The van der Waals surface area contributed by atoms with Crippen LogP contribution in [0.2, 0.25) is 0 Å². The van der Waals surface area contributed by atoms with Crippen LogP contribution in [0.1, 0.15) is 12.8 Å². The van der Waals surface area contributed by atoms with E-state index in [2.05, 4.69) is 9.88 Å². The molecule has 0 unspecified atom stereocenters. The number of anilines is 1. The van der Waals surface area contributed by atoms with E-state index in [0.717, 1.165) is 52.8 Å². The van der Waals surface area contributed by atoms with Gasteiger partial charge in [0.05, 0.1) is 16.9 Å². The van der Waals surface area contributed by atoms with E-state index in [1.165, 1.54) is 0 Å². The van der Waals surface area contributed by atoms with Crippen LogP contribution in [0, 0.1) is 5.92 Å². The molecule has 0 bridgehead atoms. The fraction of sp³-hybridized carbons (Fsp3) is 0.500. The van der Waals surface area contributed by atoms with E-state index in [4.69, 9.17) is 9.47 Å². The Hall–Kier alpha value is -1.56. The first kappa shape index (κ1) is 12.2. The Morgan fingerprint density at radius 3 is 2.75 bits per heavy atom. The van der Waals surface area contributed by atoms with Crippen LogP contribution in [0.5, 0.6) is 11.5 Å². The molecule has 0 atom stereocenters. The summed E-state index contributed by atoms with van der Waals surface area (Å²) in [4.78, 5) is 6.93. The second-order valence-electron chi connectivity index (χ2n) is 5.25. The number of aromatic nitrogens is 1. The number of piperidine rings is 1. The molecule has 6 heteroatoms. The summed E-state index contributed by atoms with van der Waals surface area (Å²) in [5.41, 5.74) is 0.946. The Morgan fingerprint density at radius 2 is 2.00 bits per heavy atom. The van der Waals surface area contributed by atoms with Crippen molar-refractivity contribution >= 4 is 26.7 Å². The van der Waals surface area contributed by atoms with E-state index < -0.39 is 0 Å². The molecule has 1 aromatic carbocycles. The van der Waals surface area contributed by atoms with Crippen LogP contribution in [0.4, 0.5) is 9.52 Å². The second-order valence-corrected chi connectivity index (χ2v) is 6.26. The summed E-state index contributed by atoms with van der Waals surface area (Å²) in [6.45, 7) is 1.87. The van der Waals surface area contributed by atoms with Crippen LogP contribution < -0.4 is 14.4 Å². The molecular weight excluding hydrogens is 279 g/mol. The summed E-state index contributed by atoms with van der Waals surface area (Å²) in [5, 5.41) is 1.01. The lowest BCUT2D eigenvalue weighted by atomic mass is 9.99. The molecule has 2 aromatic rings. The highest BCUT2D eigenvalue weighted by Crippen LogP contribution is 2.40. The number of rotatable bonds is 2. The van der Waals surface area contributed by atoms with Gasteiger partial charge >= 0.3 is 0 Å². The number of alkyl halides is 1. The highest BCUT2D eigenvalue weighted by atomic mass is 32.1. The Morgan fingerprint density at radius 1 is 1.25 bits per heavy atom. The van der Waals surface area contributed by atoms with Gasteiger partial charge < -0.3 is 14.4 Å². The summed E-state index contributed by atoms with van der Waals surface area (Å²) in [7, 11) is 0. The van der Waals surface area contributed by atoms with Gasteiger partial charge in [-0.3, -0.25) is 4.39 Å². The minimum atomic E-state index is -0.199. The van der Waals surface area contributed by atoms with Gasteiger partial charge in [0.15, 0.2) is 16.6 Å². The van der Waals surface area contributed by atoms with Crippen molar-refractivity contribution in [1.29, 1.82) is 0 Å². The number of hydrogen-bond acceptors (Lipinski definition) is 5. The summed E-state index contributed by atoms with van der Waals surface area (Å²) in [5.74, 6) is 1.79. The van der Waals surface area contributed by atoms with E-state index in [0.29, 0.717) is 0 Å². The highest BCUT2D eigenvalue weighted by Gasteiger charge is 2.22. The molecule has 0 saturated carbocycles. The third-order valence-electron chi connectivity index (χ3n) is 3.97. The van der Waals surface area contributed by atoms with Crippen LogP contribution in [-0.4, -0.2) is 31.5 Å². The van der Waals surface area contributed by atoms with Crippen molar-refractivity contribution < 1.29 is 13.9 Å². The molecule has 20 heavy (non-hydrogen) atoms. The Labute approximate surface area is 120 Å². The summed E-state index contributed by atoms with van der Waals surface area (Å²) in [6.07, 6.45) is 1.82. The molecule has 0 amide bonds. The predicted molar refractivity (Wildman–Crippen MR) is 76.7 cm³/mol. The number of thiazole rings is 1. The van der Waals surface area contributed by atoms with Gasteiger partial charge in [0.25, 0.3) is 0 Å². The van der Waals surface area contributed by atoms with Crippen molar-refractivity contribution in [3.05, 3.63) is 12.1 Å². The number of nitrogens with zero attached hydrogens (tertiary/aromatic N) is 2. The van der Waals surface area contributed by atoms with Crippen LogP contribution >= 0.6 is 11.3 Å². The van der Waals surface area contributed by atoms with E-state index in [1.54, 1.807) is 11.3 Å². The zero-order valence-corrected chi connectivity index (χ0v) is 11.8. The molecule has 2 aliphatic rings. The fourth-order valence-electron chi connectivity index (χ4n) is 2.72. The molecule has 1 saturated heterocycles. The smallest absolute Gasteiger partial charge is 0.231 e. The van der Waals surface area contributed by atoms with Crippen molar-refractivity contribution in [3.63, 3.8) is 0 Å². The minimum Gasteiger partial charge on any atom is -0.454 e. The van der Waals surface area contributed by atoms with Gasteiger partial charge in [0.1, 0.15) is 0 Å². The van der Waals surface area contributed by atoms with Gasteiger partial charge in [-0.15, -0.1) is 0 Å². The van der Waals surface area contributed by atoms with Gasteiger partial charge in [0, 0.05) is 25.2 Å². The standard InChI is InChI=1S/C14H15FN2O2S/c15-7-9-1-3-17(4-2-9)14-16-10-5-11-12(19-8-18-11)6-13(10)20-14/h5-6,9H,1-4,7-8H2. The van der Waals surface area contributed by atoms with Gasteiger partial charge in [-0.05, 0) is 18.8 Å². The maximum Gasteiger partial charge on any atom is 0.231 e. The first-order valence-electron chi connectivity index (χ1n) is 6.84. The largest absolute Gasteiger partial charge is 0.454 e. The van der Waals surface area contributed by atoms with Crippen LogP contribution in [-0.2, 0) is 0 Å². The van der Waals surface area contributed by atoms with Crippen molar-refractivity contribution in [1.82, 2.24) is 4.98 Å². The van der Waals surface area contributed by atoms with Gasteiger partial charge in [0.2, 0.25) is 6.79 Å². The van der Waals surface area contributed by atoms with Crippen LogP contribution in [0.3, 0.4) is 0 Å². The molecule has 4 nitrogen and oxygen atoms in total. The van der Waals surface area contributed by atoms with Crippen molar-refractivity contribution in [2.24, 2.45) is 5.92 Å². The number of hydrogen-bond donors (Lipinski definition) is 0. The summed E-state index contributed by atoms with van der Waals surface area (Å²) in [6, 6.07) is 3.93. The monoisotopic (exact) mass is 294 g/mol. The van der Waals surface area contributed by atoms with E-state index >= 15 is 0 Å². The number of ether oxygens (including phenoxy) is 2. The molecule has 2 aliphatic heterocycles. The topological polar surface area (TPSA) is 34.6 Å². The quantitative estimate of drug-likeness (QED) is 0.852. The second kappa shape index (κ2) is 4.77. The van der Waals surface area contributed by atoms with E-state index in [9.17, 15) is 4.39 Å². The maximum atomic E-state index is 12.7. The molecular formula is C14H15FN2O2S. The molecule has 0 N–H and O–H groups in total. The first-order chi connectivity index (χ1) is 9.83. The first-order valence-corrected chi connectivity index (χ1v) is 7.66. The third kappa shape index (κ3) is 1.98. The normalized spacial score (nSPS) is 18.9. The van der Waals surface area contributed by atoms with E-state index in [1.807, 2.05) is 12.1 Å². The molecule has 0 spiro atoms. The molecule has 0 radical (unpaired) electrons. The number of halogens is 1. The molecule has 1 aromatic heterocycles. The third-order valence-corrected chi connectivity index (χ3v) is 5.05. The van der Waals surface area contributed by atoms with Gasteiger partial charge in [-0.1, -0.05) is 11.3 Å². The molecule has 3 heterocycles. The van der Waals surface area contributed by atoms with E-state index in [-0.39, 0.29) is 19.4 Å². The zero-order valence-electron chi connectivity index (χ0n) is 11.0. The molecule has 4 rings (SSSR count). The lowest BCUT2D eigenvalue weighted by Crippen LogP contribution is -2.34. The summed E-state index contributed by atoms with van der Waals surface area (Å²) < 4.78 is 24.5. The van der Waals surface area contributed by atoms with Crippen molar-refractivity contribution in [2.45, 2.75) is 12.8 Å². The van der Waals surface area contributed by atoms with Crippen molar-refractivity contribution in [3.8, 4) is 11.5 Å². The van der Waals surface area contributed by atoms with Gasteiger partial charge in [-0.2, -0.15) is 0 Å².